The zero-order chi connectivity index (χ0) is 13.7. The van der Waals surface area contributed by atoms with Crippen molar-refractivity contribution in [2.24, 2.45) is 0 Å². The first-order valence-electron chi connectivity index (χ1n) is 5.94. The number of methoxy groups -OCH3 is 3. The third kappa shape index (κ3) is 2.74. The molecule has 19 heavy (non-hydrogen) atoms. The number of ether oxygens (including phenoxy) is 3. The summed E-state index contributed by atoms with van der Waals surface area (Å²) in [5.74, 6) is 8.20. The topological polar surface area (TPSA) is 27.7 Å². The lowest BCUT2D eigenvalue weighted by Crippen LogP contribution is -2.01. The normalized spacial score (nSPS) is 16.3. The van der Waals surface area contributed by atoms with Gasteiger partial charge in [0.05, 0.1) is 32.8 Å². The van der Waals surface area contributed by atoms with Crippen molar-refractivity contribution in [2.45, 2.75) is 5.92 Å². The van der Waals surface area contributed by atoms with E-state index in [4.69, 9.17) is 14.2 Å². The van der Waals surface area contributed by atoms with Crippen molar-refractivity contribution in [1.29, 1.82) is 0 Å². The largest absolute Gasteiger partial charge is 0.496 e. The molecule has 1 aliphatic carbocycles. The zero-order valence-electron chi connectivity index (χ0n) is 11.3. The Morgan fingerprint density at radius 2 is 1.63 bits per heavy atom. The SMILES string of the molecule is COc1cc(OC)c(C2C#CC=CC=C2)c(OC)c1. The van der Waals surface area contributed by atoms with Gasteiger partial charge in [-0.15, -0.1) is 0 Å². The molecule has 0 amide bonds. The van der Waals surface area contributed by atoms with Crippen molar-refractivity contribution in [3.63, 3.8) is 0 Å². The van der Waals surface area contributed by atoms with E-state index in [9.17, 15) is 0 Å². The predicted octanol–water partition coefficient (Wildman–Crippen LogP) is 2.93. The quantitative estimate of drug-likeness (QED) is 0.775. The first kappa shape index (κ1) is 13.1. The van der Waals surface area contributed by atoms with Crippen LogP contribution in [0.1, 0.15) is 11.5 Å². The van der Waals surface area contributed by atoms with Crippen LogP contribution in [0.25, 0.3) is 0 Å². The summed E-state index contributed by atoms with van der Waals surface area (Å²) in [4.78, 5) is 0. The molecule has 1 aromatic carbocycles. The zero-order valence-corrected chi connectivity index (χ0v) is 11.3. The molecule has 2 rings (SSSR count). The van der Waals surface area contributed by atoms with E-state index in [1.54, 1.807) is 21.3 Å². The van der Waals surface area contributed by atoms with Crippen molar-refractivity contribution < 1.29 is 14.2 Å². The molecule has 0 radical (unpaired) electrons. The summed E-state index contributed by atoms with van der Waals surface area (Å²) in [7, 11) is 4.87. The molecule has 0 aromatic heterocycles. The molecule has 1 unspecified atom stereocenters. The Bertz CT molecular complexity index is 548. The van der Waals surface area contributed by atoms with Crippen molar-refractivity contribution >= 4 is 0 Å². The molecular formula is C16H16O3. The first-order valence-corrected chi connectivity index (χ1v) is 5.94. The van der Waals surface area contributed by atoms with Gasteiger partial charge in [-0.05, 0) is 6.08 Å². The van der Waals surface area contributed by atoms with Crippen molar-refractivity contribution in [2.75, 3.05) is 21.3 Å². The van der Waals surface area contributed by atoms with Gasteiger partial charge in [0.1, 0.15) is 17.2 Å². The van der Waals surface area contributed by atoms with E-state index in [1.165, 1.54) is 0 Å². The van der Waals surface area contributed by atoms with Gasteiger partial charge in [-0.2, -0.15) is 0 Å². The summed E-state index contributed by atoms with van der Waals surface area (Å²) in [6.45, 7) is 0. The van der Waals surface area contributed by atoms with Gasteiger partial charge in [0.25, 0.3) is 0 Å². The predicted molar refractivity (Wildman–Crippen MR) is 74.9 cm³/mol. The highest BCUT2D eigenvalue weighted by atomic mass is 16.5. The lowest BCUT2D eigenvalue weighted by atomic mass is 9.97. The molecule has 0 N–H and O–H groups in total. The van der Waals surface area contributed by atoms with E-state index < -0.39 is 0 Å². The minimum absolute atomic E-state index is 0.0641. The molecule has 0 bridgehead atoms. The third-order valence-corrected chi connectivity index (χ3v) is 2.90. The van der Waals surface area contributed by atoms with Crippen LogP contribution in [0.2, 0.25) is 0 Å². The van der Waals surface area contributed by atoms with Gasteiger partial charge >= 0.3 is 0 Å². The molecule has 3 heteroatoms. The highest BCUT2D eigenvalue weighted by Crippen LogP contribution is 2.39. The summed E-state index contributed by atoms with van der Waals surface area (Å²) in [6, 6.07) is 3.68. The Balaban J connectivity index is 2.56. The number of hydrogen-bond acceptors (Lipinski definition) is 3. The maximum atomic E-state index is 5.44. The van der Waals surface area contributed by atoms with E-state index in [-0.39, 0.29) is 5.92 Å². The van der Waals surface area contributed by atoms with Gasteiger partial charge in [-0.1, -0.05) is 30.1 Å². The minimum Gasteiger partial charge on any atom is -0.496 e. The lowest BCUT2D eigenvalue weighted by Gasteiger charge is -2.17. The van der Waals surface area contributed by atoms with Crippen molar-refractivity contribution in [3.8, 4) is 29.1 Å². The number of hydrogen-bond donors (Lipinski definition) is 0. The van der Waals surface area contributed by atoms with Crippen molar-refractivity contribution in [3.05, 3.63) is 42.0 Å². The molecule has 1 aromatic rings. The fourth-order valence-electron chi connectivity index (χ4n) is 1.97. The van der Waals surface area contributed by atoms with Crippen LogP contribution in [0.15, 0.2) is 36.4 Å². The number of rotatable bonds is 4. The van der Waals surface area contributed by atoms with Crippen LogP contribution in [-0.2, 0) is 0 Å². The highest BCUT2D eigenvalue weighted by Gasteiger charge is 2.19. The summed E-state index contributed by atoms with van der Waals surface area (Å²) in [5.41, 5.74) is 0.915. The molecular weight excluding hydrogens is 240 g/mol. The number of benzene rings is 1. The molecule has 0 heterocycles. The van der Waals surface area contributed by atoms with Gasteiger partial charge in [-0.3, -0.25) is 0 Å². The monoisotopic (exact) mass is 256 g/mol. The first-order chi connectivity index (χ1) is 9.30. The third-order valence-electron chi connectivity index (χ3n) is 2.90. The summed E-state index contributed by atoms with van der Waals surface area (Å²) in [6.07, 6.45) is 7.71. The highest BCUT2D eigenvalue weighted by molar-refractivity contribution is 5.56. The maximum absolute atomic E-state index is 5.44. The Morgan fingerprint density at radius 3 is 2.21 bits per heavy atom. The molecule has 0 saturated carbocycles. The summed E-state index contributed by atoms with van der Waals surface area (Å²) in [5, 5.41) is 0. The summed E-state index contributed by atoms with van der Waals surface area (Å²) >= 11 is 0. The maximum Gasteiger partial charge on any atom is 0.131 e. The van der Waals surface area contributed by atoms with Crippen LogP contribution in [0.5, 0.6) is 17.2 Å². The summed E-state index contributed by atoms with van der Waals surface area (Å²) < 4.78 is 16.1. The number of allylic oxidation sites excluding steroid dienone is 4. The molecule has 0 aliphatic heterocycles. The van der Waals surface area contributed by atoms with Gasteiger partial charge in [0.15, 0.2) is 0 Å². The van der Waals surface area contributed by atoms with Crippen LogP contribution < -0.4 is 14.2 Å². The molecule has 0 saturated heterocycles. The molecule has 1 atom stereocenters. The average Bonchev–Trinajstić information content (AvgIpc) is 2.74. The Kier molecular flexibility index (Phi) is 4.15. The van der Waals surface area contributed by atoms with E-state index in [2.05, 4.69) is 11.8 Å². The Hall–Kier alpha value is -2.34. The van der Waals surface area contributed by atoms with Crippen LogP contribution in [0, 0.1) is 11.8 Å². The fraction of sp³-hybridized carbons (Fsp3) is 0.250. The Labute approximate surface area is 113 Å². The fourth-order valence-corrected chi connectivity index (χ4v) is 1.97. The van der Waals surface area contributed by atoms with E-state index >= 15 is 0 Å². The van der Waals surface area contributed by atoms with Crippen LogP contribution in [-0.4, -0.2) is 21.3 Å². The van der Waals surface area contributed by atoms with Crippen LogP contribution in [0.4, 0.5) is 0 Å². The van der Waals surface area contributed by atoms with E-state index in [0.29, 0.717) is 17.2 Å². The van der Waals surface area contributed by atoms with E-state index in [0.717, 1.165) is 5.56 Å². The second kappa shape index (κ2) is 6.01. The van der Waals surface area contributed by atoms with Gasteiger partial charge in [0.2, 0.25) is 0 Å². The standard InChI is InChI=1S/C16H16O3/c1-17-13-10-14(18-2)16(15(11-13)19-3)12-8-6-4-5-7-9-12/h4-6,8,10-12H,1-3H3. The van der Waals surface area contributed by atoms with Gasteiger partial charge in [-0.25, -0.2) is 0 Å². The molecule has 3 nitrogen and oxygen atoms in total. The smallest absolute Gasteiger partial charge is 0.131 e. The van der Waals surface area contributed by atoms with Crippen molar-refractivity contribution in [1.82, 2.24) is 0 Å². The van der Waals surface area contributed by atoms with Gasteiger partial charge in [0, 0.05) is 12.1 Å². The lowest BCUT2D eigenvalue weighted by molar-refractivity contribution is 0.369. The average molecular weight is 256 g/mol. The Morgan fingerprint density at radius 1 is 0.947 bits per heavy atom. The van der Waals surface area contributed by atoms with Crippen LogP contribution >= 0.6 is 0 Å². The molecule has 98 valence electrons. The van der Waals surface area contributed by atoms with Gasteiger partial charge < -0.3 is 14.2 Å². The molecule has 0 spiro atoms. The second-order valence-electron chi connectivity index (χ2n) is 3.96. The molecule has 1 aliphatic rings. The van der Waals surface area contributed by atoms with E-state index in [1.807, 2.05) is 36.4 Å². The second-order valence-corrected chi connectivity index (χ2v) is 3.96. The minimum atomic E-state index is -0.0641. The molecule has 0 fully saturated rings. The van der Waals surface area contributed by atoms with Crippen LogP contribution in [0.3, 0.4) is 0 Å².